The molecule has 26 heavy (non-hydrogen) atoms. The molecule has 1 aliphatic heterocycles. The molecule has 2 heterocycles. The molecular formula is C20H32N4O2. The van der Waals surface area contributed by atoms with Crippen molar-refractivity contribution in [1.29, 1.82) is 0 Å². The van der Waals surface area contributed by atoms with E-state index in [1.54, 1.807) is 0 Å². The fourth-order valence-electron chi connectivity index (χ4n) is 3.33. The van der Waals surface area contributed by atoms with E-state index in [1.807, 2.05) is 43.1 Å². The van der Waals surface area contributed by atoms with Crippen LogP contribution in [0.3, 0.4) is 0 Å². The van der Waals surface area contributed by atoms with Gasteiger partial charge in [-0.1, -0.05) is 0 Å². The van der Waals surface area contributed by atoms with Gasteiger partial charge >= 0.3 is 0 Å². The van der Waals surface area contributed by atoms with Crippen LogP contribution in [0.25, 0.3) is 0 Å². The lowest BCUT2D eigenvalue weighted by atomic mass is 10.1. The number of likely N-dealkylation sites (tertiary alicyclic amines) is 1. The van der Waals surface area contributed by atoms with Gasteiger partial charge in [-0.25, -0.2) is 4.98 Å². The number of nitrogens with one attached hydrogen (secondary N) is 1. The molecule has 6 nitrogen and oxygen atoms in total. The third-order valence-corrected chi connectivity index (χ3v) is 5.24. The largest absolute Gasteiger partial charge is 0.381 e. The van der Waals surface area contributed by atoms with Gasteiger partial charge in [0.15, 0.2) is 0 Å². The molecule has 0 unspecified atom stereocenters. The van der Waals surface area contributed by atoms with Crippen molar-refractivity contribution in [2.24, 2.45) is 5.92 Å². The minimum absolute atomic E-state index is 0.142. The molecule has 2 fully saturated rings. The zero-order valence-corrected chi connectivity index (χ0v) is 16.3. The molecule has 1 saturated heterocycles. The molecule has 1 aliphatic carbocycles. The molecule has 1 N–H and O–H groups in total. The molecular weight excluding hydrogens is 328 g/mol. The SMILES string of the molecule is C[C@@H](OCC1CC1)C(=O)N1CCC[C@@H](Nc2ccc(N(C)C)nc2)CC1. The van der Waals surface area contributed by atoms with Gasteiger partial charge in [-0.2, -0.15) is 0 Å². The molecule has 1 aromatic rings. The predicted molar refractivity (Wildman–Crippen MR) is 105 cm³/mol. The van der Waals surface area contributed by atoms with Crippen LogP contribution in [0.15, 0.2) is 18.3 Å². The molecule has 6 heteroatoms. The standard InChI is InChI=1S/C20H32N4O2/c1-15(26-14-16-6-7-16)20(25)24-11-4-5-17(10-12-24)22-18-8-9-19(21-13-18)23(2)3/h8-9,13,15-17,22H,4-7,10-12,14H2,1-3H3/t15-,17-/m1/s1. The summed E-state index contributed by atoms with van der Waals surface area (Å²) < 4.78 is 5.76. The first kappa shape index (κ1) is 19.0. The maximum absolute atomic E-state index is 12.6. The van der Waals surface area contributed by atoms with Crippen molar-refractivity contribution in [1.82, 2.24) is 9.88 Å². The first-order chi connectivity index (χ1) is 12.5. The van der Waals surface area contributed by atoms with Crippen LogP contribution in [0, 0.1) is 5.92 Å². The predicted octanol–water partition coefficient (Wildman–Crippen LogP) is 2.76. The van der Waals surface area contributed by atoms with Gasteiger partial charge < -0.3 is 19.9 Å². The van der Waals surface area contributed by atoms with E-state index in [0.29, 0.717) is 12.0 Å². The van der Waals surface area contributed by atoms with E-state index in [0.717, 1.165) is 50.5 Å². The highest BCUT2D eigenvalue weighted by Crippen LogP contribution is 2.29. The summed E-state index contributed by atoms with van der Waals surface area (Å²) in [5.41, 5.74) is 1.04. The number of carbonyl (C=O) groups excluding carboxylic acids is 1. The number of aromatic nitrogens is 1. The fraction of sp³-hybridized carbons (Fsp3) is 0.700. The van der Waals surface area contributed by atoms with Crippen LogP contribution < -0.4 is 10.2 Å². The van der Waals surface area contributed by atoms with E-state index >= 15 is 0 Å². The van der Waals surface area contributed by atoms with Crippen molar-refractivity contribution in [3.8, 4) is 0 Å². The highest BCUT2D eigenvalue weighted by Gasteiger charge is 2.27. The Labute approximate surface area is 156 Å². The molecule has 0 bridgehead atoms. The zero-order valence-electron chi connectivity index (χ0n) is 16.3. The van der Waals surface area contributed by atoms with Crippen molar-refractivity contribution in [2.45, 2.75) is 51.2 Å². The Hall–Kier alpha value is -1.82. The highest BCUT2D eigenvalue weighted by molar-refractivity contribution is 5.80. The second-order valence-corrected chi connectivity index (χ2v) is 7.82. The van der Waals surface area contributed by atoms with Gasteiger partial charge in [0.1, 0.15) is 11.9 Å². The summed E-state index contributed by atoms with van der Waals surface area (Å²) >= 11 is 0. The summed E-state index contributed by atoms with van der Waals surface area (Å²) in [5.74, 6) is 1.78. The Morgan fingerprint density at radius 1 is 1.31 bits per heavy atom. The topological polar surface area (TPSA) is 57.7 Å². The van der Waals surface area contributed by atoms with Gasteiger partial charge in [-0.3, -0.25) is 4.79 Å². The molecule has 3 rings (SSSR count). The van der Waals surface area contributed by atoms with Gasteiger partial charge in [0.2, 0.25) is 0 Å². The van der Waals surface area contributed by atoms with Gasteiger partial charge in [0.25, 0.3) is 5.91 Å². The lowest BCUT2D eigenvalue weighted by molar-refractivity contribution is -0.142. The van der Waals surface area contributed by atoms with E-state index in [9.17, 15) is 4.79 Å². The van der Waals surface area contributed by atoms with Crippen LogP contribution in [-0.4, -0.2) is 61.7 Å². The average molecular weight is 361 g/mol. The Bertz CT molecular complexity index is 586. The van der Waals surface area contributed by atoms with Crippen molar-refractivity contribution >= 4 is 17.4 Å². The van der Waals surface area contributed by atoms with E-state index < -0.39 is 0 Å². The molecule has 1 amide bonds. The Balaban J connectivity index is 1.46. The summed E-state index contributed by atoms with van der Waals surface area (Å²) in [6.45, 7) is 4.24. The normalized spacial score (nSPS) is 21.8. The second-order valence-electron chi connectivity index (χ2n) is 7.82. The smallest absolute Gasteiger partial charge is 0.251 e. The fourth-order valence-corrected chi connectivity index (χ4v) is 3.33. The number of ether oxygens (including phenoxy) is 1. The number of nitrogens with zero attached hydrogens (tertiary/aromatic N) is 3. The van der Waals surface area contributed by atoms with Crippen LogP contribution in [0.5, 0.6) is 0 Å². The van der Waals surface area contributed by atoms with E-state index in [4.69, 9.17) is 4.74 Å². The molecule has 0 aromatic carbocycles. The zero-order chi connectivity index (χ0) is 18.5. The first-order valence-electron chi connectivity index (χ1n) is 9.83. The number of anilines is 2. The third-order valence-electron chi connectivity index (χ3n) is 5.24. The summed E-state index contributed by atoms with van der Waals surface area (Å²) in [4.78, 5) is 21.0. The monoisotopic (exact) mass is 360 g/mol. The molecule has 1 saturated carbocycles. The summed E-state index contributed by atoms with van der Waals surface area (Å²) in [6.07, 6.45) is 7.11. The number of pyridine rings is 1. The maximum Gasteiger partial charge on any atom is 0.251 e. The lowest BCUT2D eigenvalue weighted by Gasteiger charge is -2.24. The number of amides is 1. The van der Waals surface area contributed by atoms with Crippen LogP contribution in [0.2, 0.25) is 0 Å². The lowest BCUT2D eigenvalue weighted by Crippen LogP contribution is -2.40. The molecule has 1 aromatic heterocycles. The highest BCUT2D eigenvalue weighted by atomic mass is 16.5. The van der Waals surface area contributed by atoms with Crippen LogP contribution in [0.1, 0.15) is 39.0 Å². The Kier molecular flexibility index (Phi) is 6.35. The van der Waals surface area contributed by atoms with Gasteiger partial charge in [0, 0.05) is 33.2 Å². The molecule has 2 aliphatic rings. The molecule has 0 radical (unpaired) electrons. The van der Waals surface area contributed by atoms with Crippen LogP contribution >= 0.6 is 0 Å². The van der Waals surface area contributed by atoms with Gasteiger partial charge in [-0.05, 0) is 57.1 Å². The maximum atomic E-state index is 12.6. The minimum atomic E-state index is -0.317. The van der Waals surface area contributed by atoms with Crippen LogP contribution in [-0.2, 0) is 9.53 Å². The summed E-state index contributed by atoms with van der Waals surface area (Å²) in [6, 6.07) is 4.47. The van der Waals surface area contributed by atoms with Crippen molar-refractivity contribution in [2.75, 3.05) is 44.0 Å². The van der Waals surface area contributed by atoms with Crippen molar-refractivity contribution in [3.63, 3.8) is 0 Å². The van der Waals surface area contributed by atoms with Crippen molar-refractivity contribution < 1.29 is 9.53 Å². The van der Waals surface area contributed by atoms with E-state index in [2.05, 4.69) is 16.4 Å². The minimum Gasteiger partial charge on any atom is -0.381 e. The average Bonchev–Trinajstić information content (AvgIpc) is 3.47. The Morgan fingerprint density at radius 2 is 2.12 bits per heavy atom. The van der Waals surface area contributed by atoms with Crippen LogP contribution in [0.4, 0.5) is 11.5 Å². The summed E-state index contributed by atoms with van der Waals surface area (Å²) in [5, 5.41) is 3.57. The summed E-state index contributed by atoms with van der Waals surface area (Å²) in [7, 11) is 3.98. The molecule has 0 spiro atoms. The molecule has 144 valence electrons. The third kappa shape index (κ3) is 5.34. The Morgan fingerprint density at radius 3 is 2.77 bits per heavy atom. The van der Waals surface area contributed by atoms with Crippen molar-refractivity contribution in [3.05, 3.63) is 18.3 Å². The number of hydrogen-bond acceptors (Lipinski definition) is 5. The van der Waals surface area contributed by atoms with E-state index in [1.165, 1.54) is 12.8 Å². The number of hydrogen-bond donors (Lipinski definition) is 1. The first-order valence-corrected chi connectivity index (χ1v) is 9.83. The molecule has 2 atom stereocenters. The second kappa shape index (κ2) is 8.71. The van der Waals surface area contributed by atoms with Gasteiger partial charge in [0.05, 0.1) is 18.5 Å². The van der Waals surface area contributed by atoms with Gasteiger partial charge in [-0.15, -0.1) is 0 Å². The number of rotatable bonds is 7. The number of carbonyl (C=O) groups is 1. The quantitative estimate of drug-likeness (QED) is 0.810. The van der Waals surface area contributed by atoms with E-state index in [-0.39, 0.29) is 12.0 Å².